The van der Waals surface area contributed by atoms with Gasteiger partial charge in [-0.1, -0.05) is 41.6 Å². The van der Waals surface area contributed by atoms with E-state index in [0.29, 0.717) is 6.54 Å². The van der Waals surface area contributed by atoms with Crippen molar-refractivity contribution in [2.24, 2.45) is 5.73 Å². The van der Waals surface area contributed by atoms with E-state index in [1.807, 2.05) is 11.8 Å². The van der Waals surface area contributed by atoms with E-state index in [4.69, 9.17) is 5.73 Å². The molecule has 0 aliphatic heterocycles. The third-order valence-electron chi connectivity index (χ3n) is 3.19. The summed E-state index contributed by atoms with van der Waals surface area (Å²) in [5.41, 5.74) is 11.0. The first-order valence-corrected chi connectivity index (χ1v) is 7.46. The molecule has 0 aliphatic carbocycles. The van der Waals surface area contributed by atoms with Gasteiger partial charge in [0.05, 0.1) is 0 Å². The Labute approximate surface area is 120 Å². The third kappa shape index (κ3) is 3.62. The van der Waals surface area contributed by atoms with Crippen LogP contribution in [0.15, 0.2) is 46.2 Å². The number of benzene rings is 2. The molecule has 0 spiro atoms. The fraction of sp³-hybridized carbons (Fsp3) is 0.294. The highest BCUT2D eigenvalue weighted by molar-refractivity contribution is 7.99. The maximum Gasteiger partial charge on any atom is 0.0155 e. The molecule has 0 saturated heterocycles. The van der Waals surface area contributed by atoms with Gasteiger partial charge in [0.25, 0.3) is 0 Å². The quantitative estimate of drug-likeness (QED) is 0.899. The Morgan fingerprint density at radius 2 is 1.58 bits per heavy atom. The molecule has 0 amide bonds. The Kier molecular flexibility index (Phi) is 4.67. The average molecular weight is 271 g/mol. The van der Waals surface area contributed by atoms with Crippen molar-refractivity contribution in [1.82, 2.24) is 0 Å². The zero-order valence-corrected chi connectivity index (χ0v) is 12.7. The van der Waals surface area contributed by atoms with Gasteiger partial charge in [0.15, 0.2) is 0 Å². The van der Waals surface area contributed by atoms with Crippen molar-refractivity contribution in [3.63, 3.8) is 0 Å². The first-order chi connectivity index (χ1) is 9.10. The smallest absolute Gasteiger partial charge is 0.0155 e. The molecule has 100 valence electrons. The van der Waals surface area contributed by atoms with Gasteiger partial charge in [0, 0.05) is 9.79 Å². The van der Waals surface area contributed by atoms with Crippen LogP contribution in [0.2, 0.25) is 0 Å². The summed E-state index contributed by atoms with van der Waals surface area (Å²) in [7, 11) is 0. The van der Waals surface area contributed by atoms with E-state index in [0.717, 1.165) is 6.42 Å². The fourth-order valence-corrected chi connectivity index (χ4v) is 3.23. The minimum absolute atomic E-state index is 0.698. The normalized spacial score (nSPS) is 10.7. The van der Waals surface area contributed by atoms with E-state index in [9.17, 15) is 0 Å². The van der Waals surface area contributed by atoms with Gasteiger partial charge >= 0.3 is 0 Å². The van der Waals surface area contributed by atoms with E-state index in [1.54, 1.807) is 0 Å². The van der Waals surface area contributed by atoms with E-state index in [2.05, 4.69) is 57.2 Å². The van der Waals surface area contributed by atoms with Crippen molar-refractivity contribution in [2.45, 2.75) is 37.0 Å². The summed E-state index contributed by atoms with van der Waals surface area (Å²) in [5.74, 6) is 0. The lowest BCUT2D eigenvalue weighted by Gasteiger charge is -2.12. The van der Waals surface area contributed by atoms with Crippen LogP contribution in [0.5, 0.6) is 0 Å². The van der Waals surface area contributed by atoms with Gasteiger partial charge in [-0.3, -0.25) is 0 Å². The molecule has 2 N–H and O–H groups in total. The van der Waals surface area contributed by atoms with Crippen LogP contribution in [-0.2, 0) is 6.42 Å². The number of nitrogens with two attached hydrogens (primary N) is 1. The van der Waals surface area contributed by atoms with Crippen molar-refractivity contribution in [3.8, 4) is 0 Å². The molecule has 0 heterocycles. The summed E-state index contributed by atoms with van der Waals surface area (Å²) >= 11 is 1.85. The molecule has 0 bridgehead atoms. The van der Waals surface area contributed by atoms with E-state index < -0.39 is 0 Å². The Balaban J connectivity index is 2.34. The SMILES string of the molecule is Cc1ccc(Sc2cc(C)ccc2C)c(CCN)c1. The molecule has 0 unspecified atom stereocenters. The second kappa shape index (κ2) is 6.27. The van der Waals surface area contributed by atoms with Gasteiger partial charge in [-0.15, -0.1) is 0 Å². The lowest BCUT2D eigenvalue weighted by molar-refractivity contribution is 0.941. The second-order valence-electron chi connectivity index (χ2n) is 5.02. The van der Waals surface area contributed by atoms with Crippen LogP contribution in [0.3, 0.4) is 0 Å². The highest BCUT2D eigenvalue weighted by Crippen LogP contribution is 2.33. The molecule has 2 heteroatoms. The Morgan fingerprint density at radius 3 is 2.32 bits per heavy atom. The molecular formula is C17H21NS. The van der Waals surface area contributed by atoms with Crippen molar-refractivity contribution in [1.29, 1.82) is 0 Å². The first kappa shape index (κ1) is 14.2. The second-order valence-corrected chi connectivity index (χ2v) is 6.10. The van der Waals surface area contributed by atoms with Crippen LogP contribution in [0.25, 0.3) is 0 Å². The Hall–Kier alpha value is -1.25. The van der Waals surface area contributed by atoms with Crippen LogP contribution >= 0.6 is 11.8 Å². The summed E-state index contributed by atoms with van der Waals surface area (Å²) in [4.78, 5) is 2.66. The van der Waals surface area contributed by atoms with Gasteiger partial charge in [0.2, 0.25) is 0 Å². The molecule has 0 saturated carbocycles. The summed E-state index contributed by atoms with van der Waals surface area (Å²) < 4.78 is 0. The molecule has 2 aromatic rings. The van der Waals surface area contributed by atoms with Gasteiger partial charge in [-0.05, 0) is 62.6 Å². The predicted octanol–water partition coefficient (Wildman–Crippen LogP) is 4.26. The van der Waals surface area contributed by atoms with Crippen LogP contribution in [0, 0.1) is 20.8 Å². The molecule has 2 rings (SSSR count). The lowest BCUT2D eigenvalue weighted by Crippen LogP contribution is -2.04. The zero-order chi connectivity index (χ0) is 13.8. The lowest BCUT2D eigenvalue weighted by atomic mass is 10.1. The van der Waals surface area contributed by atoms with Crippen LogP contribution in [0.4, 0.5) is 0 Å². The van der Waals surface area contributed by atoms with Crippen molar-refractivity contribution < 1.29 is 0 Å². The van der Waals surface area contributed by atoms with Gasteiger partial charge in [-0.2, -0.15) is 0 Å². The largest absolute Gasteiger partial charge is 0.330 e. The Bertz CT molecular complexity index is 575. The molecule has 2 aromatic carbocycles. The fourth-order valence-electron chi connectivity index (χ4n) is 2.09. The molecule has 0 aromatic heterocycles. The van der Waals surface area contributed by atoms with E-state index in [1.165, 1.54) is 32.0 Å². The molecule has 0 fully saturated rings. The topological polar surface area (TPSA) is 26.0 Å². The summed E-state index contributed by atoms with van der Waals surface area (Å²) in [5, 5.41) is 0. The number of rotatable bonds is 4. The van der Waals surface area contributed by atoms with Crippen molar-refractivity contribution in [2.75, 3.05) is 6.54 Å². The minimum Gasteiger partial charge on any atom is -0.330 e. The maximum atomic E-state index is 5.72. The highest BCUT2D eigenvalue weighted by Gasteiger charge is 2.07. The third-order valence-corrected chi connectivity index (χ3v) is 4.47. The zero-order valence-electron chi connectivity index (χ0n) is 11.9. The number of aryl methyl sites for hydroxylation is 3. The van der Waals surface area contributed by atoms with E-state index in [-0.39, 0.29) is 0 Å². The van der Waals surface area contributed by atoms with Gasteiger partial charge in [-0.25, -0.2) is 0 Å². The number of hydrogen-bond acceptors (Lipinski definition) is 2. The standard InChI is InChI=1S/C17H21NS/c1-12-5-7-16(15(10-12)8-9-18)19-17-11-13(2)4-6-14(17)3/h4-7,10-11H,8-9,18H2,1-3H3. The van der Waals surface area contributed by atoms with Gasteiger partial charge < -0.3 is 5.73 Å². The predicted molar refractivity (Wildman–Crippen MR) is 84.0 cm³/mol. The highest BCUT2D eigenvalue weighted by atomic mass is 32.2. The van der Waals surface area contributed by atoms with Gasteiger partial charge in [0.1, 0.15) is 0 Å². The monoisotopic (exact) mass is 271 g/mol. The van der Waals surface area contributed by atoms with Crippen LogP contribution in [0.1, 0.15) is 22.3 Å². The summed E-state index contributed by atoms with van der Waals surface area (Å²) in [6.45, 7) is 7.13. The van der Waals surface area contributed by atoms with E-state index >= 15 is 0 Å². The average Bonchev–Trinajstić information content (AvgIpc) is 2.37. The molecule has 19 heavy (non-hydrogen) atoms. The summed E-state index contributed by atoms with van der Waals surface area (Å²) in [6.07, 6.45) is 0.939. The Morgan fingerprint density at radius 1 is 0.895 bits per heavy atom. The molecule has 0 atom stereocenters. The summed E-state index contributed by atoms with van der Waals surface area (Å²) in [6, 6.07) is 13.2. The van der Waals surface area contributed by atoms with Crippen molar-refractivity contribution in [3.05, 3.63) is 58.7 Å². The number of hydrogen-bond donors (Lipinski definition) is 1. The minimum atomic E-state index is 0.698. The molecule has 0 aliphatic rings. The van der Waals surface area contributed by atoms with Crippen molar-refractivity contribution >= 4 is 11.8 Å². The van der Waals surface area contributed by atoms with Crippen LogP contribution in [-0.4, -0.2) is 6.54 Å². The molecule has 1 nitrogen and oxygen atoms in total. The molecular weight excluding hydrogens is 250 g/mol. The maximum absolute atomic E-state index is 5.72. The first-order valence-electron chi connectivity index (χ1n) is 6.65. The molecule has 0 radical (unpaired) electrons. The van der Waals surface area contributed by atoms with Crippen LogP contribution < -0.4 is 5.73 Å².